The second-order valence-electron chi connectivity index (χ2n) is 5.60. The summed E-state index contributed by atoms with van der Waals surface area (Å²) in [6, 6.07) is 22.7. The highest BCUT2D eigenvalue weighted by molar-refractivity contribution is 5.89. The fraction of sp³-hybridized carbons (Fsp3) is 0.100. The first-order chi connectivity index (χ1) is 12.2. The van der Waals surface area contributed by atoms with E-state index in [1.807, 2.05) is 90.5 Å². The van der Waals surface area contributed by atoms with E-state index in [2.05, 4.69) is 15.5 Å². The highest BCUT2D eigenvalue weighted by Gasteiger charge is 2.11. The molecule has 3 aromatic rings. The smallest absolute Gasteiger partial charge is 0.290 e. The number of nitrogens with one attached hydrogen (secondary N) is 1. The predicted molar refractivity (Wildman–Crippen MR) is 97.1 cm³/mol. The van der Waals surface area contributed by atoms with Crippen molar-refractivity contribution in [2.45, 2.75) is 13.5 Å². The zero-order valence-corrected chi connectivity index (χ0v) is 15.1. The molecule has 6 heteroatoms. The summed E-state index contributed by atoms with van der Waals surface area (Å²) in [5, 5.41) is 11.2. The lowest BCUT2D eigenvalue weighted by Crippen LogP contribution is -3.00. The monoisotopic (exact) mass is 366 g/mol. The van der Waals surface area contributed by atoms with Crippen molar-refractivity contribution in [1.82, 2.24) is 0 Å². The number of hydrogen-bond acceptors (Lipinski definition) is 3. The molecule has 0 aliphatic heterocycles. The first-order valence-electron chi connectivity index (χ1n) is 8.02. The van der Waals surface area contributed by atoms with E-state index in [0.29, 0.717) is 0 Å². The highest BCUT2D eigenvalue weighted by Crippen LogP contribution is 2.19. The average molecular weight is 367 g/mol. The van der Waals surface area contributed by atoms with Crippen molar-refractivity contribution in [3.8, 4) is 0 Å². The molecule has 26 heavy (non-hydrogen) atoms. The van der Waals surface area contributed by atoms with Crippen LogP contribution in [0.15, 0.2) is 89.2 Å². The molecule has 0 spiro atoms. The van der Waals surface area contributed by atoms with Gasteiger partial charge in [0.1, 0.15) is 0 Å². The van der Waals surface area contributed by atoms with E-state index >= 15 is 0 Å². The molecule has 5 nitrogen and oxygen atoms in total. The van der Waals surface area contributed by atoms with Crippen molar-refractivity contribution in [2.24, 2.45) is 10.2 Å². The average Bonchev–Trinajstić information content (AvgIpc) is 2.64. The van der Waals surface area contributed by atoms with Gasteiger partial charge in [-0.05, 0) is 36.4 Å². The van der Waals surface area contributed by atoms with E-state index in [9.17, 15) is 4.79 Å². The van der Waals surface area contributed by atoms with E-state index < -0.39 is 0 Å². The number of rotatable bonds is 5. The fourth-order valence-corrected chi connectivity index (χ4v) is 2.32. The number of carbonyl (C=O) groups is 1. The van der Waals surface area contributed by atoms with E-state index in [-0.39, 0.29) is 24.9 Å². The van der Waals surface area contributed by atoms with Gasteiger partial charge in [-0.25, -0.2) is 0 Å². The zero-order chi connectivity index (χ0) is 17.5. The predicted octanol–water partition coefficient (Wildman–Crippen LogP) is 1.34. The quantitative estimate of drug-likeness (QED) is 0.537. The van der Waals surface area contributed by atoms with Gasteiger partial charge in [-0.15, -0.1) is 0 Å². The number of aromatic nitrogens is 1. The fourth-order valence-electron chi connectivity index (χ4n) is 2.32. The summed E-state index contributed by atoms with van der Waals surface area (Å²) in [5.74, 6) is -0.0713. The standard InChI is InChI=1S/C20H18N4O.ClH/c1-16-7-5-6-14-24(16)15-20(25)21-17-10-12-19(13-11-17)23-22-18-8-3-2-4-9-18;/h2-14H,15H2,1H3;1H. The summed E-state index contributed by atoms with van der Waals surface area (Å²) < 4.78 is 1.90. The third kappa shape index (κ3) is 5.50. The topological polar surface area (TPSA) is 57.7 Å². The Morgan fingerprint density at radius 2 is 1.50 bits per heavy atom. The molecule has 0 saturated carbocycles. The third-order valence-corrected chi connectivity index (χ3v) is 3.67. The summed E-state index contributed by atoms with van der Waals surface area (Å²) in [7, 11) is 0. The van der Waals surface area contributed by atoms with Crippen LogP contribution in [0.1, 0.15) is 5.69 Å². The minimum absolute atomic E-state index is 0. The molecule has 1 aromatic heterocycles. The van der Waals surface area contributed by atoms with Crippen LogP contribution in [0.3, 0.4) is 0 Å². The number of pyridine rings is 1. The summed E-state index contributed by atoms with van der Waals surface area (Å²) in [5.41, 5.74) is 3.30. The maximum Gasteiger partial charge on any atom is 0.290 e. The minimum atomic E-state index is -0.0713. The Kier molecular flexibility index (Phi) is 7.00. The van der Waals surface area contributed by atoms with Crippen molar-refractivity contribution in [2.75, 3.05) is 5.32 Å². The lowest BCUT2D eigenvalue weighted by Gasteiger charge is -2.04. The van der Waals surface area contributed by atoms with Crippen LogP contribution in [0.2, 0.25) is 0 Å². The van der Waals surface area contributed by atoms with Gasteiger partial charge in [0.15, 0.2) is 11.9 Å². The molecule has 132 valence electrons. The molecule has 0 fully saturated rings. The van der Waals surface area contributed by atoms with Gasteiger partial charge < -0.3 is 17.7 Å². The van der Waals surface area contributed by atoms with Crippen molar-refractivity contribution >= 4 is 23.0 Å². The molecule has 0 saturated heterocycles. The maximum absolute atomic E-state index is 12.2. The summed E-state index contributed by atoms with van der Waals surface area (Å²) in [4.78, 5) is 12.2. The molecule has 1 heterocycles. The lowest BCUT2D eigenvalue weighted by molar-refractivity contribution is -0.690. The SMILES string of the molecule is Cc1cccc[n+]1CC(=O)Nc1ccc(N=Nc2ccccc2)cc1.[Cl-]. The first-order valence-corrected chi connectivity index (χ1v) is 8.02. The Bertz CT molecular complexity index is 880. The van der Waals surface area contributed by atoms with Gasteiger partial charge in [0.25, 0.3) is 5.91 Å². The first kappa shape index (κ1) is 19.3. The van der Waals surface area contributed by atoms with Crippen LogP contribution in [-0.4, -0.2) is 5.91 Å². The number of carbonyl (C=O) groups excluding carboxylic acids is 1. The van der Waals surface area contributed by atoms with Gasteiger partial charge >= 0.3 is 0 Å². The van der Waals surface area contributed by atoms with Crippen LogP contribution >= 0.6 is 0 Å². The Balaban J connectivity index is 0.00000243. The van der Waals surface area contributed by atoms with Crippen LogP contribution in [0.5, 0.6) is 0 Å². The number of amides is 1. The van der Waals surface area contributed by atoms with Gasteiger partial charge in [-0.1, -0.05) is 24.3 Å². The Labute approximate surface area is 158 Å². The van der Waals surface area contributed by atoms with Gasteiger partial charge in [0.05, 0.1) is 11.4 Å². The number of azo groups is 1. The normalized spacial score (nSPS) is 10.3. The minimum Gasteiger partial charge on any atom is -1.00 e. The van der Waals surface area contributed by atoms with E-state index in [4.69, 9.17) is 0 Å². The van der Waals surface area contributed by atoms with Crippen LogP contribution in [-0.2, 0) is 11.3 Å². The third-order valence-electron chi connectivity index (χ3n) is 3.67. The molecule has 0 unspecified atom stereocenters. The Morgan fingerprint density at radius 3 is 2.15 bits per heavy atom. The molecule has 0 bridgehead atoms. The second-order valence-corrected chi connectivity index (χ2v) is 5.60. The largest absolute Gasteiger partial charge is 1.00 e. The lowest BCUT2D eigenvalue weighted by atomic mass is 10.3. The molecule has 3 rings (SSSR count). The van der Waals surface area contributed by atoms with E-state index in [1.54, 1.807) is 0 Å². The molecule has 1 N–H and O–H groups in total. The van der Waals surface area contributed by atoms with Crippen LogP contribution in [0.4, 0.5) is 17.1 Å². The molecule has 2 aromatic carbocycles. The number of anilines is 1. The molecule has 1 amide bonds. The number of hydrogen-bond donors (Lipinski definition) is 1. The number of benzene rings is 2. The highest BCUT2D eigenvalue weighted by atomic mass is 35.5. The van der Waals surface area contributed by atoms with E-state index in [1.165, 1.54) is 0 Å². The van der Waals surface area contributed by atoms with Gasteiger partial charge in [-0.2, -0.15) is 14.8 Å². The number of halogens is 1. The van der Waals surface area contributed by atoms with Crippen molar-refractivity contribution in [1.29, 1.82) is 0 Å². The molecule has 0 radical (unpaired) electrons. The Morgan fingerprint density at radius 1 is 0.885 bits per heavy atom. The summed E-state index contributed by atoms with van der Waals surface area (Å²) in [6.45, 7) is 2.25. The van der Waals surface area contributed by atoms with Crippen LogP contribution in [0, 0.1) is 6.92 Å². The van der Waals surface area contributed by atoms with Gasteiger partial charge in [0.2, 0.25) is 6.54 Å². The van der Waals surface area contributed by atoms with Crippen molar-refractivity contribution < 1.29 is 21.8 Å². The van der Waals surface area contributed by atoms with Gasteiger partial charge in [-0.3, -0.25) is 4.79 Å². The maximum atomic E-state index is 12.2. The van der Waals surface area contributed by atoms with Crippen molar-refractivity contribution in [3.05, 3.63) is 84.7 Å². The second kappa shape index (κ2) is 9.44. The molecule has 0 atom stereocenters. The molecular weight excluding hydrogens is 348 g/mol. The van der Waals surface area contributed by atoms with Crippen molar-refractivity contribution in [3.63, 3.8) is 0 Å². The number of aryl methyl sites for hydroxylation is 1. The van der Waals surface area contributed by atoms with E-state index in [0.717, 1.165) is 22.8 Å². The van der Waals surface area contributed by atoms with Gasteiger partial charge in [0, 0.05) is 24.7 Å². The van der Waals surface area contributed by atoms with Crippen LogP contribution in [0.25, 0.3) is 0 Å². The molecule has 0 aliphatic carbocycles. The zero-order valence-electron chi connectivity index (χ0n) is 14.3. The summed E-state index contributed by atoms with van der Waals surface area (Å²) in [6.07, 6.45) is 1.89. The molecule has 0 aliphatic rings. The Hall–Kier alpha value is -3.05. The number of nitrogens with zero attached hydrogens (tertiary/aromatic N) is 3. The van der Waals surface area contributed by atoms with Crippen LogP contribution < -0.4 is 22.3 Å². The molecular formula is C20H19ClN4O. The summed E-state index contributed by atoms with van der Waals surface area (Å²) >= 11 is 0.